The van der Waals surface area contributed by atoms with E-state index in [2.05, 4.69) is 10.6 Å². The summed E-state index contributed by atoms with van der Waals surface area (Å²) in [6.07, 6.45) is 1.83. The van der Waals surface area contributed by atoms with Crippen molar-refractivity contribution in [2.24, 2.45) is 5.92 Å². The Bertz CT molecular complexity index is 515. The van der Waals surface area contributed by atoms with E-state index < -0.39 is 0 Å². The zero-order chi connectivity index (χ0) is 13.0. The third kappa shape index (κ3) is 3.32. The maximum absolute atomic E-state index is 11.6. The second-order valence-electron chi connectivity index (χ2n) is 4.23. The Morgan fingerprint density at radius 1 is 1.39 bits per heavy atom. The van der Waals surface area contributed by atoms with E-state index in [1.165, 1.54) is 0 Å². The van der Waals surface area contributed by atoms with Gasteiger partial charge in [0.15, 0.2) is 0 Å². The van der Waals surface area contributed by atoms with E-state index in [-0.39, 0.29) is 24.3 Å². The average Bonchev–Trinajstić information content (AvgIpc) is 3.20. The third-order valence-corrected chi connectivity index (χ3v) is 2.65. The standard InChI is InChI=1S/C13H13N3O2/c14-7-9-2-1-3-11(6-9)16-12(17)8-15-13(18)10-4-5-10/h1-3,6,10H,4-5,8H2,(H,15,18)(H,16,17). The summed E-state index contributed by atoms with van der Waals surface area (Å²) in [5.74, 6) is -0.255. The number of carbonyl (C=O) groups is 2. The molecule has 2 amide bonds. The van der Waals surface area contributed by atoms with E-state index in [4.69, 9.17) is 5.26 Å². The molecule has 0 atom stereocenters. The lowest BCUT2D eigenvalue weighted by atomic mass is 10.2. The number of hydrogen-bond acceptors (Lipinski definition) is 3. The van der Waals surface area contributed by atoms with Crippen molar-refractivity contribution in [1.82, 2.24) is 5.32 Å². The second kappa shape index (κ2) is 5.32. The van der Waals surface area contributed by atoms with Crippen LogP contribution in [-0.2, 0) is 9.59 Å². The van der Waals surface area contributed by atoms with Crippen LogP contribution < -0.4 is 10.6 Å². The van der Waals surface area contributed by atoms with E-state index >= 15 is 0 Å². The molecule has 1 aromatic carbocycles. The van der Waals surface area contributed by atoms with Crippen LogP contribution in [-0.4, -0.2) is 18.4 Å². The van der Waals surface area contributed by atoms with Crippen molar-refractivity contribution in [1.29, 1.82) is 5.26 Å². The lowest BCUT2D eigenvalue weighted by molar-refractivity contribution is -0.125. The highest BCUT2D eigenvalue weighted by molar-refractivity contribution is 5.95. The Morgan fingerprint density at radius 2 is 2.17 bits per heavy atom. The zero-order valence-corrected chi connectivity index (χ0v) is 9.77. The van der Waals surface area contributed by atoms with Crippen LogP contribution in [0.3, 0.4) is 0 Å². The van der Waals surface area contributed by atoms with Gasteiger partial charge in [-0.3, -0.25) is 9.59 Å². The van der Waals surface area contributed by atoms with E-state index in [1.54, 1.807) is 24.3 Å². The molecule has 1 saturated carbocycles. The number of hydrogen-bond donors (Lipinski definition) is 2. The van der Waals surface area contributed by atoms with Gasteiger partial charge in [-0.2, -0.15) is 5.26 Å². The molecular weight excluding hydrogens is 230 g/mol. The predicted molar refractivity (Wildman–Crippen MR) is 65.5 cm³/mol. The largest absolute Gasteiger partial charge is 0.347 e. The summed E-state index contributed by atoms with van der Waals surface area (Å²) in [5, 5.41) is 13.9. The molecule has 0 unspecified atom stereocenters. The van der Waals surface area contributed by atoms with Crippen molar-refractivity contribution >= 4 is 17.5 Å². The number of carbonyl (C=O) groups excluding carboxylic acids is 2. The molecule has 92 valence electrons. The van der Waals surface area contributed by atoms with Gasteiger partial charge in [0.1, 0.15) is 0 Å². The third-order valence-electron chi connectivity index (χ3n) is 2.65. The van der Waals surface area contributed by atoms with Gasteiger partial charge in [-0.25, -0.2) is 0 Å². The monoisotopic (exact) mass is 243 g/mol. The number of nitrogens with zero attached hydrogens (tertiary/aromatic N) is 1. The number of amides is 2. The minimum Gasteiger partial charge on any atom is -0.347 e. The molecule has 0 aromatic heterocycles. The molecule has 0 spiro atoms. The van der Waals surface area contributed by atoms with Gasteiger partial charge in [0.05, 0.1) is 18.2 Å². The van der Waals surface area contributed by atoms with Gasteiger partial charge in [0.25, 0.3) is 0 Å². The van der Waals surface area contributed by atoms with Gasteiger partial charge in [0.2, 0.25) is 11.8 Å². The molecule has 2 rings (SSSR count). The van der Waals surface area contributed by atoms with Crippen molar-refractivity contribution in [3.05, 3.63) is 29.8 Å². The van der Waals surface area contributed by atoms with Crippen molar-refractivity contribution in [2.75, 3.05) is 11.9 Å². The van der Waals surface area contributed by atoms with Crippen LogP contribution in [0.5, 0.6) is 0 Å². The van der Waals surface area contributed by atoms with Crippen molar-refractivity contribution in [3.63, 3.8) is 0 Å². The van der Waals surface area contributed by atoms with Gasteiger partial charge in [0, 0.05) is 11.6 Å². The fourth-order valence-corrected chi connectivity index (χ4v) is 1.53. The van der Waals surface area contributed by atoms with Crippen molar-refractivity contribution < 1.29 is 9.59 Å². The van der Waals surface area contributed by atoms with Crippen LogP contribution in [0.25, 0.3) is 0 Å². The maximum Gasteiger partial charge on any atom is 0.243 e. The summed E-state index contributed by atoms with van der Waals surface area (Å²) >= 11 is 0. The first-order chi connectivity index (χ1) is 8.69. The highest BCUT2D eigenvalue weighted by atomic mass is 16.2. The Morgan fingerprint density at radius 3 is 2.83 bits per heavy atom. The molecule has 18 heavy (non-hydrogen) atoms. The number of rotatable bonds is 4. The normalized spacial score (nSPS) is 13.5. The van der Waals surface area contributed by atoms with Crippen molar-refractivity contribution in [2.45, 2.75) is 12.8 Å². The minimum absolute atomic E-state index is 0.0356. The van der Waals surface area contributed by atoms with E-state index in [1.807, 2.05) is 6.07 Å². The van der Waals surface area contributed by atoms with Crippen LogP contribution in [0.1, 0.15) is 18.4 Å². The molecule has 1 aromatic rings. The molecule has 0 heterocycles. The lowest BCUT2D eigenvalue weighted by Crippen LogP contribution is -2.33. The minimum atomic E-state index is -0.293. The summed E-state index contributed by atoms with van der Waals surface area (Å²) < 4.78 is 0. The number of benzene rings is 1. The van der Waals surface area contributed by atoms with E-state index in [0.29, 0.717) is 11.3 Å². The lowest BCUT2D eigenvalue weighted by Gasteiger charge is -2.06. The first-order valence-corrected chi connectivity index (χ1v) is 5.77. The molecule has 0 radical (unpaired) electrons. The number of nitriles is 1. The SMILES string of the molecule is N#Cc1cccc(NC(=O)CNC(=O)C2CC2)c1. The van der Waals surface area contributed by atoms with Gasteiger partial charge in [-0.05, 0) is 31.0 Å². The van der Waals surface area contributed by atoms with Crippen LogP contribution in [0.15, 0.2) is 24.3 Å². The van der Waals surface area contributed by atoms with E-state index in [9.17, 15) is 9.59 Å². The molecule has 2 N–H and O–H groups in total. The van der Waals surface area contributed by atoms with Crippen molar-refractivity contribution in [3.8, 4) is 6.07 Å². The topological polar surface area (TPSA) is 82.0 Å². The fraction of sp³-hybridized carbons (Fsp3) is 0.308. The number of anilines is 1. The quantitative estimate of drug-likeness (QED) is 0.828. The summed E-state index contributed by atoms with van der Waals surface area (Å²) in [7, 11) is 0. The molecule has 0 bridgehead atoms. The smallest absolute Gasteiger partial charge is 0.243 e. The first-order valence-electron chi connectivity index (χ1n) is 5.77. The first kappa shape index (κ1) is 12.1. The molecule has 0 aliphatic heterocycles. The summed E-state index contributed by atoms with van der Waals surface area (Å²) in [6, 6.07) is 8.62. The van der Waals surface area contributed by atoms with Crippen LogP contribution in [0.2, 0.25) is 0 Å². The van der Waals surface area contributed by atoms with Crippen LogP contribution in [0, 0.1) is 17.2 Å². The molecule has 1 aliphatic carbocycles. The summed E-state index contributed by atoms with van der Waals surface area (Å²) in [6.45, 7) is -0.0356. The average molecular weight is 243 g/mol. The molecule has 1 aliphatic rings. The molecule has 1 fully saturated rings. The predicted octanol–water partition coefficient (Wildman–Crippen LogP) is 1.02. The van der Waals surface area contributed by atoms with Gasteiger partial charge in [-0.15, -0.1) is 0 Å². The highest BCUT2D eigenvalue weighted by Crippen LogP contribution is 2.28. The molecule has 5 nitrogen and oxygen atoms in total. The van der Waals surface area contributed by atoms with Gasteiger partial charge >= 0.3 is 0 Å². The Kier molecular flexibility index (Phi) is 3.58. The number of nitrogens with one attached hydrogen (secondary N) is 2. The fourth-order valence-electron chi connectivity index (χ4n) is 1.53. The summed E-state index contributed by atoms with van der Waals surface area (Å²) in [5.41, 5.74) is 1.04. The Balaban J connectivity index is 1.82. The molecule has 0 saturated heterocycles. The van der Waals surface area contributed by atoms with Gasteiger partial charge < -0.3 is 10.6 Å². The van der Waals surface area contributed by atoms with Crippen LogP contribution in [0.4, 0.5) is 5.69 Å². The summed E-state index contributed by atoms with van der Waals surface area (Å²) in [4.78, 5) is 22.9. The Labute approximate surface area is 105 Å². The molecule has 5 heteroatoms. The highest BCUT2D eigenvalue weighted by Gasteiger charge is 2.29. The van der Waals surface area contributed by atoms with Crippen LogP contribution >= 0.6 is 0 Å². The second-order valence-corrected chi connectivity index (χ2v) is 4.23. The maximum atomic E-state index is 11.6. The van der Waals surface area contributed by atoms with Gasteiger partial charge in [-0.1, -0.05) is 6.07 Å². The van der Waals surface area contributed by atoms with E-state index in [0.717, 1.165) is 12.8 Å². The molecular formula is C13H13N3O2. The zero-order valence-electron chi connectivity index (χ0n) is 9.77. The Hall–Kier alpha value is -2.35.